The summed E-state index contributed by atoms with van der Waals surface area (Å²) in [7, 11) is 13.4. The molecule has 4 aromatic rings. The number of halogens is 2. The number of ether oxygens (including phenoxy) is 1. The number of β-amino-alcohol motifs (C(OH)–C–C–N with tert-alkyl or cyclic N) is 1. The molecule has 45 heavy (non-hydrogen) atoms. The van der Waals surface area contributed by atoms with Crippen LogP contribution in [0.2, 0.25) is 0 Å². The average molecular weight is 605 g/mol. The third-order valence-electron chi connectivity index (χ3n) is 9.70. The maximum absolute atomic E-state index is 16.8. The summed E-state index contributed by atoms with van der Waals surface area (Å²) in [5, 5.41) is 20.7. The number of terminal acetylenes is 1. The minimum Gasteiger partial charge on any atom is -0.508 e. The Hall–Kier alpha value is -3.94. The van der Waals surface area contributed by atoms with Crippen molar-refractivity contribution in [2.24, 2.45) is 0 Å². The van der Waals surface area contributed by atoms with Gasteiger partial charge in [-0.1, -0.05) is 12.0 Å². The van der Waals surface area contributed by atoms with Crippen molar-refractivity contribution >= 4 is 43.2 Å². The van der Waals surface area contributed by atoms with Gasteiger partial charge in [-0.05, 0) is 82.1 Å². The van der Waals surface area contributed by atoms with Crippen molar-refractivity contribution in [3.63, 3.8) is 0 Å². The fourth-order valence-electron chi connectivity index (χ4n) is 7.64. The van der Waals surface area contributed by atoms with Crippen LogP contribution in [0.5, 0.6) is 11.8 Å². The summed E-state index contributed by atoms with van der Waals surface area (Å²) in [6.45, 7) is 4.23. The van der Waals surface area contributed by atoms with Gasteiger partial charge in [0.15, 0.2) is 5.82 Å². The molecule has 1 unspecified atom stereocenters. The SMILES string of the molecule is [B]C([B])(Oc1nc(N2CCCC(C)(O)C2)c2cnc(-c3cc(O)cc4ccc(F)c(C#C)c34)c(F)c2n1)C12CCCN1CCC2. The molecule has 7 rings (SSSR count). The van der Waals surface area contributed by atoms with E-state index in [9.17, 15) is 14.6 Å². The molecule has 3 aliphatic heterocycles. The van der Waals surface area contributed by atoms with E-state index in [0.717, 1.165) is 38.8 Å². The van der Waals surface area contributed by atoms with E-state index in [-0.39, 0.29) is 51.4 Å². The lowest BCUT2D eigenvalue weighted by Crippen LogP contribution is -2.63. The zero-order chi connectivity index (χ0) is 31.7. The van der Waals surface area contributed by atoms with Crippen LogP contribution in [-0.4, -0.2) is 88.5 Å². The van der Waals surface area contributed by atoms with Gasteiger partial charge in [0.25, 0.3) is 0 Å². The van der Waals surface area contributed by atoms with Crippen LogP contribution in [0.4, 0.5) is 14.6 Å². The lowest BCUT2D eigenvalue weighted by molar-refractivity contribution is 0.0440. The summed E-state index contributed by atoms with van der Waals surface area (Å²) >= 11 is 0. The number of pyridine rings is 1. The van der Waals surface area contributed by atoms with Crippen LogP contribution < -0.4 is 9.64 Å². The number of aliphatic hydroxyl groups is 1. The molecule has 0 spiro atoms. The number of rotatable bonds is 5. The van der Waals surface area contributed by atoms with Crippen molar-refractivity contribution in [2.75, 3.05) is 31.1 Å². The summed E-state index contributed by atoms with van der Waals surface area (Å²) in [4.78, 5) is 17.7. The Morgan fingerprint density at radius 2 is 1.80 bits per heavy atom. The highest BCUT2D eigenvalue weighted by molar-refractivity contribution is 6.40. The van der Waals surface area contributed by atoms with Crippen LogP contribution in [0.15, 0.2) is 30.5 Å². The molecule has 0 saturated carbocycles. The Kier molecular flexibility index (Phi) is 6.99. The molecular formula is C33H31B2F2N5O3. The van der Waals surface area contributed by atoms with Crippen molar-refractivity contribution < 1.29 is 23.7 Å². The van der Waals surface area contributed by atoms with E-state index in [1.165, 1.54) is 30.5 Å². The average Bonchev–Trinajstić information content (AvgIpc) is 3.59. The zero-order valence-electron chi connectivity index (χ0n) is 25.0. The van der Waals surface area contributed by atoms with Gasteiger partial charge in [0.05, 0.1) is 16.6 Å². The summed E-state index contributed by atoms with van der Waals surface area (Å²) in [6, 6.07) is 5.15. The van der Waals surface area contributed by atoms with Crippen molar-refractivity contribution in [3.8, 4) is 35.4 Å². The van der Waals surface area contributed by atoms with Gasteiger partial charge in [-0.3, -0.25) is 9.88 Å². The van der Waals surface area contributed by atoms with E-state index < -0.39 is 28.2 Å². The van der Waals surface area contributed by atoms with Crippen LogP contribution >= 0.6 is 0 Å². The van der Waals surface area contributed by atoms with E-state index in [2.05, 4.69) is 25.8 Å². The highest BCUT2D eigenvalue weighted by Gasteiger charge is 2.54. The second-order valence-electron chi connectivity index (χ2n) is 12.8. The third kappa shape index (κ3) is 4.79. The highest BCUT2D eigenvalue weighted by Crippen LogP contribution is 2.46. The fraction of sp³-hybridized carbons (Fsp3) is 0.424. The molecule has 0 aliphatic carbocycles. The Labute approximate surface area is 262 Å². The maximum Gasteiger partial charge on any atom is 0.318 e. The standard InChI is InChI=1S/C33H31B2F2N5O3/c1-3-21-24(36)8-7-19-15-20(43)16-22(25(19)21)27-26(37)28-23(17-38-27)29(41-12-4-9-31(2,44)18-41)40-30(39-28)45-33(34,35)32-10-5-13-42(32)14-6-11-32/h1,7-8,15-17,43-44H,4-6,9-14,18H2,2H3. The topological polar surface area (TPSA) is 94.8 Å². The highest BCUT2D eigenvalue weighted by atomic mass is 19.1. The van der Waals surface area contributed by atoms with Crippen molar-refractivity contribution in [3.05, 3.63) is 47.7 Å². The van der Waals surface area contributed by atoms with Gasteiger partial charge in [0.2, 0.25) is 0 Å². The van der Waals surface area contributed by atoms with E-state index in [1.807, 2.05) is 4.90 Å². The largest absolute Gasteiger partial charge is 0.508 e. The van der Waals surface area contributed by atoms with Gasteiger partial charge in [0.1, 0.15) is 44.3 Å². The second kappa shape index (κ2) is 10.6. The number of aromatic nitrogens is 3. The van der Waals surface area contributed by atoms with Crippen molar-refractivity contribution in [2.45, 2.75) is 62.0 Å². The molecule has 1 atom stereocenters. The first-order chi connectivity index (χ1) is 21.4. The van der Waals surface area contributed by atoms with Gasteiger partial charge in [0, 0.05) is 41.2 Å². The fourth-order valence-corrected chi connectivity index (χ4v) is 7.64. The summed E-state index contributed by atoms with van der Waals surface area (Å²) in [5.74, 6) is 0.966. The Balaban J connectivity index is 1.43. The Morgan fingerprint density at radius 1 is 1.07 bits per heavy atom. The molecule has 5 heterocycles. The third-order valence-corrected chi connectivity index (χ3v) is 9.70. The molecule has 4 radical (unpaired) electrons. The molecular weight excluding hydrogens is 574 g/mol. The molecule has 0 amide bonds. The second-order valence-corrected chi connectivity index (χ2v) is 12.8. The van der Waals surface area contributed by atoms with Gasteiger partial charge in [-0.2, -0.15) is 9.97 Å². The smallest absolute Gasteiger partial charge is 0.318 e. The number of hydrogen-bond donors (Lipinski definition) is 2. The van der Waals surface area contributed by atoms with Gasteiger partial charge in [-0.25, -0.2) is 8.78 Å². The minimum atomic E-state index is -1.68. The van der Waals surface area contributed by atoms with Gasteiger partial charge < -0.3 is 19.8 Å². The molecule has 226 valence electrons. The predicted octanol–water partition coefficient (Wildman–Crippen LogP) is 4.16. The van der Waals surface area contributed by atoms with Crippen LogP contribution in [-0.2, 0) is 0 Å². The first-order valence-corrected chi connectivity index (χ1v) is 15.2. The zero-order valence-corrected chi connectivity index (χ0v) is 25.0. The summed E-state index contributed by atoms with van der Waals surface area (Å²) in [6.07, 6.45) is 11.7. The van der Waals surface area contributed by atoms with E-state index in [4.69, 9.17) is 26.9 Å². The first-order valence-electron chi connectivity index (χ1n) is 15.2. The van der Waals surface area contributed by atoms with Crippen LogP contribution in [0, 0.1) is 24.0 Å². The molecule has 2 N–H and O–H groups in total. The molecule has 2 aromatic heterocycles. The number of phenolic OH excluding ortho intramolecular Hbond substituents is 1. The number of fused-ring (bicyclic) bond motifs is 3. The number of nitrogens with zero attached hydrogens (tertiary/aromatic N) is 5. The van der Waals surface area contributed by atoms with Crippen molar-refractivity contribution in [1.29, 1.82) is 0 Å². The van der Waals surface area contributed by atoms with Gasteiger partial charge >= 0.3 is 6.01 Å². The number of phenols is 1. The molecule has 0 bridgehead atoms. The first kappa shape index (κ1) is 29.8. The van der Waals surface area contributed by atoms with E-state index >= 15 is 4.39 Å². The molecule has 3 saturated heterocycles. The lowest BCUT2D eigenvalue weighted by atomic mass is 9.53. The summed E-state index contributed by atoms with van der Waals surface area (Å²) < 4.78 is 37.8. The molecule has 2 aromatic carbocycles. The molecule has 8 nitrogen and oxygen atoms in total. The number of benzene rings is 2. The Bertz CT molecular complexity index is 1890. The predicted molar refractivity (Wildman–Crippen MR) is 170 cm³/mol. The number of anilines is 1. The van der Waals surface area contributed by atoms with Crippen LogP contribution in [0.1, 0.15) is 51.0 Å². The number of aromatic hydroxyl groups is 1. The van der Waals surface area contributed by atoms with Gasteiger partial charge in [-0.15, -0.1) is 6.42 Å². The normalized spacial score (nSPS) is 21.7. The Morgan fingerprint density at radius 3 is 2.51 bits per heavy atom. The molecule has 3 aliphatic rings. The van der Waals surface area contributed by atoms with Crippen LogP contribution in [0.3, 0.4) is 0 Å². The summed E-state index contributed by atoms with van der Waals surface area (Å²) in [5.41, 5.74) is -1.94. The number of hydrogen-bond acceptors (Lipinski definition) is 8. The number of piperidine rings is 1. The quantitative estimate of drug-likeness (QED) is 0.259. The lowest BCUT2D eigenvalue weighted by Gasteiger charge is -2.47. The monoisotopic (exact) mass is 605 g/mol. The molecule has 12 heteroatoms. The maximum atomic E-state index is 16.8. The minimum absolute atomic E-state index is 0.0836. The molecule has 3 fully saturated rings. The van der Waals surface area contributed by atoms with Crippen LogP contribution in [0.25, 0.3) is 32.9 Å². The van der Waals surface area contributed by atoms with Crippen molar-refractivity contribution in [1.82, 2.24) is 19.9 Å². The van der Waals surface area contributed by atoms with E-state index in [0.29, 0.717) is 30.6 Å². The van der Waals surface area contributed by atoms with E-state index in [1.54, 1.807) is 6.92 Å².